The molecule has 1 heterocycles. The molecule has 1 aromatic heterocycles. The van der Waals surface area contributed by atoms with Crippen molar-refractivity contribution in [1.29, 1.82) is 0 Å². The van der Waals surface area contributed by atoms with Gasteiger partial charge in [0.05, 0.1) is 64.6 Å². The van der Waals surface area contributed by atoms with Gasteiger partial charge in [-0.2, -0.15) is 21.8 Å². The van der Waals surface area contributed by atoms with Crippen LogP contribution >= 0.6 is 0 Å². The number of aromatic nitrogens is 1. The first-order valence-corrected chi connectivity index (χ1v) is 14.8. The van der Waals surface area contributed by atoms with Crippen LogP contribution in [0, 0.1) is 6.92 Å². The van der Waals surface area contributed by atoms with Crippen molar-refractivity contribution in [2.24, 2.45) is 0 Å². The highest BCUT2D eigenvalue weighted by Crippen LogP contribution is 2.31. The molecule has 0 N–H and O–H groups in total. The molecule has 0 aromatic carbocycles. The second-order valence-corrected chi connectivity index (χ2v) is 10.8. The second-order valence-electron chi connectivity index (χ2n) is 7.70. The van der Waals surface area contributed by atoms with Gasteiger partial charge in [-0.25, -0.2) is 0 Å². The van der Waals surface area contributed by atoms with Crippen LogP contribution in [-0.4, -0.2) is 119 Å². The number of nitrogens with zero attached hydrogens (tertiary/aromatic N) is 2. The van der Waals surface area contributed by atoms with Crippen LogP contribution in [0.2, 0.25) is 0 Å². The Kier molecular flexibility index (Phi) is 14.7. The molecule has 0 amide bonds. The van der Waals surface area contributed by atoms with E-state index in [1.54, 1.807) is 7.11 Å². The zero-order chi connectivity index (χ0) is 27.9. The van der Waals surface area contributed by atoms with Gasteiger partial charge in [-0.3, -0.25) is 9.69 Å². The van der Waals surface area contributed by atoms with Gasteiger partial charge in [0.2, 0.25) is 11.8 Å². The topological polar surface area (TPSA) is 166 Å². The third-order valence-electron chi connectivity index (χ3n) is 4.50. The van der Waals surface area contributed by atoms with E-state index in [9.17, 15) is 21.6 Å². The van der Waals surface area contributed by atoms with Crippen molar-refractivity contribution in [1.82, 2.24) is 9.88 Å². The highest BCUT2D eigenvalue weighted by molar-refractivity contribution is 7.86. The molecule has 0 aliphatic carbocycles. The van der Waals surface area contributed by atoms with Crippen LogP contribution in [0.25, 0.3) is 0 Å². The fraction of sp³-hybridized carbons (Fsp3) is 0.714. The molecule has 14 nitrogen and oxygen atoms in total. The number of ether oxygens (including phenoxy) is 5. The number of carbonyl (C=O) groups is 1. The summed E-state index contributed by atoms with van der Waals surface area (Å²) in [6.07, 6.45) is 1.80. The lowest BCUT2D eigenvalue weighted by Gasteiger charge is -2.22. The average molecular weight is 573 g/mol. The SMILES string of the molecule is COCCOCCOCCN(CCOc1cc(OS(C)(=O)=O)nc(OS(C)(=O)=O)c1C)CCC(=O)OC. The predicted molar refractivity (Wildman–Crippen MR) is 132 cm³/mol. The summed E-state index contributed by atoms with van der Waals surface area (Å²) >= 11 is 0. The molecule has 0 fully saturated rings. The molecular weight excluding hydrogens is 536 g/mol. The first kappa shape index (κ1) is 32.8. The Morgan fingerprint density at radius 3 is 2.05 bits per heavy atom. The maximum atomic E-state index is 11.6. The van der Waals surface area contributed by atoms with Crippen molar-refractivity contribution in [3.63, 3.8) is 0 Å². The van der Waals surface area contributed by atoms with Crippen LogP contribution in [0.5, 0.6) is 17.5 Å². The minimum Gasteiger partial charge on any atom is -0.492 e. The van der Waals surface area contributed by atoms with E-state index in [0.29, 0.717) is 52.7 Å². The van der Waals surface area contributed by atoms with Crippen LogP contribution < -0.4 is 13.1 Å². The number of hydrogen-bond acceptors (Lipinski definition) is 14. The van der Waals surface area contributed by atoms with Gasteiger partial charge in [-0.15, -0.1) is 0 Å². The summed E-state index contributed by atoms with van der Waals surface area (Å²) in [5, 5.41) is 0. The molecular formula is C21H36N2O12S2. The number of methoxy groups -OCH3 is 2. The molecule has 1 rings (SSSR count). The van der Waals surface area contributed by atoms with E-state index in [2.05, 4.69) is 4.98 Å². The fourth-order valence-electron chi connectivity index (χ4n) is 2.74. The molecule has 0 saturated heterocycles. The highest BCUT2D eigenvalue weighted by atomic mass is 32.2. The molecule has 0 radical (unpaired) electrons. The van der Waals surface area contributed by atoms with Gasteiger partial charge in [0.1, 0.15) is 12.4 Å². The number of rotatable bonds is 20. The molecule has 214 valence electrons. The Bertz CT molecular complexity index is 1050. The first-order chi connectivity index (χ1) is 17.3. The summed E-state index contributed by atoms with van der Waals surface area (Å²) in [7, 11) is -5.00. The minimum absolute atomic E-state index is 0.1000. The van der Waals surface area contributed by atoms with Crippen molar-refractivity contribution < 1.29 is 53.7 Å². The van der Waals surface area contributed by atoms with E-state index in [1.807, 2.05) is 4.90 Å². The summed E-state index contributed by atoms with van der Waals surface area (Å²) in [5.74, 6) is -1.04. The van der Waals surface area contributed by atoms with Crippen LogP contribution in [0.3, 0.4) is 0 Å². The number of carbonyl (C=O) groups excluding carboxylic acids is 1. The molecule has 0 bridgehead atoms. The molecule has 0 aliphatic heterocycles. The second kappa shape index (κ2) is 16.6. The van der Waals surface area contributed by atoms with E-state index in [-0.39, 0.29) is 36.2 Å². The minimum atomic E-state index is -3.95. The maximum Gasteiger partial charge on any atom is 0.307 e. The van der Waals surface area contributed by atoms with E-state index in [4.69, 9.17) is 32.1 Å². The van der Waals surface area contributed by atoms with Gasteiger partial charge in [0.25, 0.3) is 0 Å². The maximum absolute atomic E-state index is 11.6. The Morgan fingerprint density at radius 2 is 1.46 bits per heavy atom. The van der Waals surface area contributed by atoms with E-state index in [0.717, 1.165) is 12.5 Å². The van der Waals surface area contributed by atoms with E-state index < -0.39 is 26.1 Å². The van der Waals surface area contributed by atoms with Gasteiger partial charge in [-0.05, 0) is 6.92 Å². The summed E-state index contributed by atoms with van der Waals surface area (Å²) in [6.45, 7) is 5.00. The average Bonchev–Trinajstić information content (AvgIpc) is 2.79. The largest absolute Gasteiger partial charge is 0.492 e. The van der Waals surface area contributed by atoms with Crippen LogP contribution in [-0.2, 0) is 44.0 Å². The quantitative estimate of drug-likeness (QED) is 0.116. The smallest absolute Gasteiger partial charge is 0.307 e. The zero-order valence-electron chi connectivity index (χ0n) is 21.8. The van der Waals surface area contributed by atoms with Gasteiger partial charge in [0.15, 0.2) is 0 Å². The van der Waals surface area contributed by atoms with Crippen molar-refractivity contribution in [2.75, 3.05) is 86.0 Å². The van der Waals surface area contributed by atoms with Crippen LogP contribution in [0.4, 0.5) is 0 Å². The predicted octanol–water partition coefficient (Wildman–Crippen LogP) is -0.00968. The molecule has 0 spiro atoms. The summed E-state index contributed by atoms with van der Waals surface area (Å²) in [5.41, 5.74) is 0.226. The van der Waals surface area contributed by atoms with Crippen LogP contribution in [0.1, 0.15) is 12.0 Å². The standard InChI is InChI=1S/C21H36N2O12S2/c1-17-18(16-19(34-36(4,25)26)22-21(17)35-37(5,27)28)33-11-9-23(7-6-20(24)30-3)8-10-31-14-15-32-13-12-29-2/h16H,6-15H2,1-5H3. The number of pyridine rings is 1. The molecule has 0 atom stereocenters. The molecule has 0 saturated carbocycles. The third-order valence-corrected chi connectivity index (χ3v) is 5.44. The van der Waals surface area contributed by atoms with Gasteiger partial charge >= 0.3 is 26.2 Å². The Balaban J connectivity index is 2.80. The Morgan fingerprint density at radius 1 is 0.865 bits per heavy atom. The molecule has 1 aromatic rings. The lowest BCUT2D eigenvalue weighted by Crippen LogP contribution is -2.34. The lowest BCUT2D eigenvalue weighted by atomic mass is 10.2. The lowest BCUT2D eigenvalue weighted by molar-refractivity contribution is -0.141. The van der Waals surface area contributed by atoms with Gasteiger partial charge in [-0.1, -0.05) is 0 Å². The summed E-state index contributed by atoms with van der Waals surface area (Å²) < 4.78 is 82.1. The molecule has 37 heavy (non-hydrogen) atoms. The molecule has 16 heteroatoms. The normalized spacial score (nSPS) is 11.9. The van der Waals surface area contributed by atoms with Crippen molar-refractivity contribution in [3.8, 4) is 17.5 Å². The van der Waals surface area contributed by atoms with E-state index >= 15 is 0 Å². The van der Waals surface area contributed by atoms with Crippen molar-refractivity contribution >= 4 is 26.2 Å². The monoisotopic (exact) mass is 572 g/mol. The summed E-state index contributed by atoms with van der Waals surface area (Å²) in [4.78, 5) is 17.3. The fourth-order valence-corrected chi connectivity index (χ4v) is 3.59. The Labute approximate surface area is 218 Å². The zero-order valence-corrected chi connectivity index (χ0v) is 23.4. The Hall–Kier alpha value is -2.24. The third kappa shape index (κ3) is 15.6. The first-order valence-electron chi connectivity index (χ1n) is 11.2. The number of esters is 1. The van der Waals surface area contributed by atoms with E-state index in [1.165, 1.54) is 20.1 Å². The van der Waals surface area contributed by atoms with Gasteiger partial charge < -0.3 is 32.1 Å². The number of hydrogen-bond donors (Lipinski definition) is 0. The molecule has 0 aliphatic rings. The van der Waals surface area contributed by atoms with Crippen LogP contribution in [0.15, 0.2) is 6.07 Å². The van der Waals surface area contributed by atoms with Crippen molar-refractivity contribution in [3.05, 3.63) is 11.6 Å². The molecule has 0 unspecified atom stereocenters. The highest BCUT2D eigenvalue weighted by Gasteiger charge is 2.19. The van der Waals surface area contributed by atoms with Crippen molar-refractivity contribution in [2.45, 2.75) is 13.3 Å². The van der Waals surface area contributed by atoms with Gasteiger partial charge in [0, 0.05) is 32.8 Å². The summed E-state index contributed by atoms with van der Waals surface area (Å²) in [6, 6.07) is 1.22.